The van der Waals surface area contributed by atoms with Crippen LogP contribution in [-0.4, -0.2) is 54.4 Å². The summed E-state index contributed by atoms with van der Waals surface area (Å²) in [7, 11) is -5.69. The number of nitrogens with zero attached hydrogens (tertiary/aromatic N) is 4. The van der Waals surface area contributed by atoms with Crippen LogP contribution in [0.2, 0.25) is 0 Å². The number of rotatable bonds is 5. The zero-order valence-electron chi connectivity index (χ0n) is 16.1. The molecule has 1 aromatic heterocycles. The Morgan fingerprint density at radius 3 is 2.57 bits per heavy atom. The summed E-state index contributed by atoms with van der Waals surface area (Å²) in [5.74, 6) is 0. The fourth-order valence-corrected chi connectivity index (χ4v) is 4.10. The van der Waals surface area contributed by atoms with Crippen LogP contribution in [0.25, 0.3) is 0 Å². The molecular weight excluding hydrogens is 429 g/mol. The second-order valence-electron chi connectivity index (χ2n) is 6.90. The normalized spacial score (nSPS) is 17.9. The summed E-state index contributed by atoms with van der Waals surface area (Å²) in [6, 6.07) is 4.11. The van der Waals surface area contributed by atoms with Gasteiger partial charge in [-0.3, -0.25) is 14.8 Å². The van der Waals surface area contributed by atoms with E-state index in [0.29, 0.717) is 12.6 Å². The molecule has 13 heteroatoms. The number of benzene rings is 1. The zero-order chi connectivity index (χ0) is 22.3. The van der Waals surface area contributed by atoms with Crippen LogP contribution in [0.15, 0.2) is 29.2 Å². The highest BCUT2D eigenvalue weighted by Gasteiger charge is 2.47. The zero-order valence-corrected chi connectivity index (χ0v) is 16.9. The van der Waals surface area contributed by atoms with E-state index < -0.39 is 30.9 Å². The maximum absolute atomic E-state index is 12.8. The molecule has 1 saturated heterocycles. The number of alkyl halides is 3. The highest BCUT2D eigenvalue weighted by atomic mass is 32.2. The Morgan fingerprint density at radius 1 is 1.30 bits per heavy atom. The Labute approximate surface area is 170 Å². The molecule has 2 aromatic rings. The number of nitro benzene ring substituents is 1. The van der Waals surface area contributed by atoms with E-state index in [1.54, 1.807) is 9.58 Å². The largest absolute Gasteiger partial charge is 0.501 e. The van der Waals surface area contributed by atoms with Crippen molar-refractivity contribution in [2.75, 3.05) is 24.6 Å². The number of nitro groups is 1. The molecule has 3 rings (SSSR count). The third-order valence-electron chi connectivity index (χ3n) is 4.72. The summed E-state index contributed by atoms with van der Waals surface area (Å²) in [5.41, 5.74) is -4.49. The van der Waals surface area contributed by atoms with E-state index in [1.807, 2.05) is 19.9 Å². The summed E-state index contributed by atoms with van der Waals surface area (Å²) in [5, 5.41) is 15.8. The summed E-state index contributed by atoms with van der Waals surface area (Å²) in [4.78, 5) is 11.0. The molecule has 1 aliphatic heterocycles. The first kappa shape index (κ1) is 22.0. The fraction of sp³-hybridized carbons (Fsp3) is 0.471. The van der Waals surface area contributed by atoms with E-state index in [4.69, 9.17) is 4.74 Å². The van der Waals surface area contributed by atoms with Gasteiger partial charge in [-0.15, -0.1) is 0 Å². The fourth-order valence-electron chi connectivity index (χ4n) is 3.32. The average molecular weight is 448 g/mol. The van der Waals surface area contributed by atoms with Gasteiger partial charge in [-0.1, -0.05) is 0 Å². The van der Waals surface area contributed by atoms with E-state index in [1.165, 1.54) is 0 Å². The number of halogens is 3. The van der Waals surface area contributed by atoms with Crippen molar-refractivity contribution in [1.82, 2.24) is 9.78 Å². The summed E-state index contributed by atoms with van der Waals surface area (Å²) < 4.78 is 69.1. The Bertz CT molecular complexity index is 1070. The lowest BCUT2D eigenvalue weighted by Crippen LogP contribution is -2.44. The van der Waals surface area contributed by atoms with Gasteiger partial charge in [0.2, 0.25) is 0 Å². The number of aryl methyl sites for hydroxylation is 2. The van der Waals surface area contributed by atoms with Crippen LogP contribution in [-0.2, 0) is 21.1 Å². The Hall–Kier alpha value is -2.67. The smallest absolute Gasteiger partial charge is 0.373 e. The molecule has 0 N–H and O–H groups in total. The minimum absolute atomic E-state index is 0.0304. The van der Waals surface area contributed by atoms with Gasteiger partial charge in [0.1, 0.15) is 5.69 Å². The lowest BCUT2D eigenvalue weighted by Gasteiger charge is -2.34. The first-order valence-electron chi connectivity index (χ1n) is 8.87. The first-order valence-corrected chi connectivity index (χ1v) is 10.4. The van der Waals surface area contributed by atoms with Crippen molar-refractivity contribution in [2.45, 2.75) is 36.9 Å². The molecular formula is C17H19F3N4O5S. The maximum Gasteiger partial charge on any atom is 0.501 e. The molecule has 0 amide bonds. The number of anilines is 1. The van der Waals surface area contributed by atoms with Gasteiger partial charge >= 0.3 is 5.51 Å². The molecule has 0 saturated carbocycles. The van der Waals surface area contributed by atoms with Crippen LogP contribution >= 0.6 is 0 Å². The molecule has 1 aromatic carbocycles. The van der Waals surface area contributed by atoms with Crippen LogP contribution < -0.4 is 4.90 Å². The first-order chi connectivity index (χ1) is 13.9. The summed E-state index contributed by atoms with van der Waals surface area (Å²) in [6.45, 7) is 4.85. The van der Waals surface area contributed by atoms with Crippen molar-refractivity contribution in [3.8, 4) is 0 Å². The van der Waals surface area contributed by atoms with E-state index in [2.05, 4.69) is 5.10 Å². The van der Waals surface area contributed by atoms with Crippen molar-refractivity contribution >= 4 is 21.2 Å². The highest BCUT2D eigenvalue weighted by molar-refractivity contribution is 7.92. The molecule has 0 bridgehead atoms. The third-order valence-corrected chi connectivity index (χ3v) is 6.20. The maximum atomic E-state index is 12.8. The van der Waals surface area contributed by atoms with Gasteiger partial charge in [0.05, 0.1) is 34.8 Å². The van der Waals surface area contributed by atoms with Crippen LogP contribution in [0, 0.1) is 24.0 Å². The van der Waals surface area contributed by atoms with Crippen molar-refractivity contribution < 1.29 is 31.2 Å². The Balaban J connectivity index is 1.89. The highest BCUT2D eigenvalue weighted by Crippen LogP contribution is 2.36. The van der Waals surface area contributed by atoms with Crippen molar-refractivity contribution in [3.05, 3.63) is 45.8 Å². The molecule has 1 aliphatic rings. The van der Waals surface area contributed by atoms with Gasteiger partial charge < -0.3 is 9.64 Å². The molecule has 164 valence electrons. The summed E-state index contributed by atoms with van der Waals surface area (Å²) in [6.07, 6.45) is -0.366. The third kappa shape index (κ3) is 4.26. The molecule has 9 nitrogen and oxygen atoms in total. The lowest BCUT2D eigenvalue weighted by molar-refractivity contribution is -0.384. The molecule has 30 heavy (non-hydrogen) atoms. The molecule has 0 spiro atoms. The van der Waals surface area contributed by atoms with Crippen molar-refractivity contribution in [1.29, 1.82) is 0 Å². The number of sulfone groups is 1. The van der Waals surface area contributed by atoms with Gasteiger partial charge in [0.25, 0.3) is 15.5 Å². The Morgan fingerprint density at radius 2 is 2.00 bits per heavy atom. The van der Waals surface area contributed by atoms with Crippen LogP contribution in [0.5, 0.6) is 0 Å². The van der Waals surface area contributed by atoms with Gasteiger partial charge in [0.15, 0.2) is 0 Å². The standard InChI is InChI=1S/C17H19F3N4O5S/c1-11-7-12(2)23(21-11)10-13-9-22(5-6-29-13)15-4-3-14(8-16(15)24(25)26)30(27,28)17(18,19)20/h3-4,7-8,13H,5-6,9-10H2,1-2H3. The SMILES string of the molecule is Cc1cc(C)n(CC2CN(c3ccc(S(=O)(=O)C(F)(F)F)cc3[N+](=O)[O-])CCO2)n1. The van der Waals surface area contributed by atoms with Gasteiger partial charge in [-0.05, 0) is 32.0 Å². The van der Waals surface area contributed by atoms with Crippen molar-refractivity contribution in [2.24, 2.45) is 0 Å². The molecule has 0 radical (unpaired) electrons. The molecule has 1 atom stereocenters. The van der Waals surface area contributed by atoms with Crippen LogP contribution in [0.1, 0.15) is 11.4 Å². The number of morpholine rings is 1. The van der Waals surface area contributed by atoms with E-state index in [0.717, 1.165) is 23.5 Å². The predicted octanol–water partition coefficient (Wildman–Crippen LogP) is 2.61. The van der Waals surface area contributed by atoms with Crippen molar-refractivity contribution in [3.63, 3.8) is 0 Å². The van der Waals surface area contributed by atoms with Gasteiger partial charge in [-0.25, -0.2) is 8.42 Å². The number of hydrogen-bond acceptors (Lipinski definition) is 7. The molecule has 0 aliphatic carbocycles. The quantitative estimate of drug-likeness (QED) is 0.511. The number of aromatic nitrogens is 2. The molecule has 2 heterocycles. The lowest BCUT2D eigenvalue weighted by atomic mass is 10.2. The molecule has 1 unspecified atom stereocenters. The Kier molecular flexibility index (Phi) is 5.78. The number of hydrogen-bond donors (Lipinski definition) is 0. The monoisotopic (exact) mass is 448 g/mol. The van der Waals surface area contributed by atoms with Crippen LogP contribution in [0.4, 0.5) is 24.5 Å². The van der Waals surface area contributed by atoms with E-state index in [9.17, 15) is 31.7 Å². The predicted molar refractivity (Wildman–Crippen MR) is 100.0 cm³/mol. The topological polar surface area (TPSA) is 108 Å². The minimum atomic E-state index is -5.69. The van der Waals surface area contributed by atoms with Gasteiger partial charge in [0, 0.05) is 24.8 Å². The van der Waals surface area contributed by atoms with E-state index >= 15 is 0 Å². The minimum Gasteiger partial charge on any atom is -0.373 e. The summed E-state index contributed by atoms with van der Waals surface area (Å²) >= 11 is 0. The molecule has 1 fully saturated rings. The second-order valence-corrected chi connectivity index (χ2v) is 8.85. The second kappa shape index (κ2) is 7.87. The van der Waals surface area contributed by atoms with E-state index in [-0.39, 0.29) is 31.5 Å². The van der Waals surface area contributed by atoms with Crippen LogP contribution in [0.3, 0.4) is 0 Å². The number of ether oxygens (including phenoxy) is 1. The van der Waals surface area contributed by atoms with Gasteiger partial charge in [-0.2, -0.15) is 18.3 Å². The average Bonchev–Trinajstić information content (AvgIpc) is 2.97.